The summed E-state index contributed by atoms with van der Waals surface area (Å²) in [6.07, 6.45) is 6.21. The van der Waals surface area contributed by atoms with Crippen LogP contribution in [0.15, 0.2) is 6.33 Å². The van der Waals surface area contributed by atoms with E-state index in [9.17, 15) is 0 Å². The summed E-state index contributed by atoms with van der Waals surface area (Å²) in [6, 6.07) is 0.809. The van der Waals surface area contributed by atoms with Crippen molar-refractivity contribution in [1.82, 2.24) is 14.9 Å². The standard InChI is InChI=1S/C14H26N6/c1-3-5-12-13(17-10-18-14(12)19-15)16-8-9-20(4-2)11-6-7-11/h10-11H,3-9,15H2,1-2H3,(H2,16,17,18,19). The van der Waals surface area contributed by atoms with Gasteiger partial charge in [0.05, 0.1) is 0 Å². The van der Waals surface area contributed by atoms with Crippen molar-refractivity contribution in [2.75, 3.05) is 30.4 Å². The van der Waals surface area contributed by atoms with E-state index in [0.717, 1.165) is 55.7 Å². The maximum absolute atomic E-state index is 5.52. The molecule has 0 spiro atoms. The number of likely N-dealkylation sites (N-methyl/N-ethyl adjacent to an activating group) is 1. The summed E-state index contributed by atoms with van der Waals surface area (Å²) in [6.45, 7) is 7.45. The molecule has 1 aliphatic rings. The lowest BCUT2D eigenvalue weighted by Gasteiger charge is -2.20. The van der Waals surface area contributed by atoms with Gasteiger partial charge in [0.25, 0.3) is 0 Å². The van der Waals surface area contributed by atoms with Gasteiger partial charge in [-0.3, -0.25) is 4.90 Å². The molecule has 6 heteroatoms. The van der Waals surface area contributed by atoms with Crippen LogP contribution < -0.4 is 16.6 Å². The predicted molar refractivity (Wildman–Crippen MR) is 82.6 cm³/mol. The Morgan fingerprint density at radius 1 is 1.30 bits per heavy atom. The van der Waals surface area contributed by atoms with Crippen molar-refractivity contribution in [3.8, 4) is 0 Å². The molecule has 6 nitrogen and oxygen atoms in total. The number of nitrogens with one attached hydrogen (secondary N) is 2. The molecule has 0 aromatic carbocycles. The molecule has 0 radical (unpaired) electrons. The molecule has 0 atom stereocenters. The minimum Gasteiger partial charge on any atom is -0.368 e. The average Bonchev–Trinajstić information content (AvgIpc) is 3.30. The number of nitrogens with two attached hydrogens (primary N) is 1. The van der Waals surface area contributed by atoms with E-state index >= 15 is 0 Å². The second kappa shape index (κ2) is 7.40. The molecular weight excluding hydrogens is 252 g/mol. The van der Waals surface area contributed by atoms with Crippen molar-refractivity contribution < 1.29 is 0 Å². The topological polar surface area (TPSA) is 79.1 Å². The van der Waals surface area contributed by atoms with Gasteiger partial charge in [-0.25, -0.2) is 15.8 Å². The highest BCUT2D eigenvalue weighted by Crippen LogP contribution is 2.26. The smallest absolute Gasteiger partial charge is 0.148 e. The van der Waals surface area contributed by atoms with Crippen molar-refractivity contribution >= 4 is 11.6 Å². The van der Waals surface area contributed by atoms with Gasteiger partial charge in [-0.1, -0.05) is 20.3 Å². The van der Waals surface area contributed by atoms with Gasteiger partial charge in [-0.15, -0.1) is 0 Å². The summed E-state index contributed by atoms with van der Waals surface area (Å²) in [7, 11) is 0. The molecule has 2 rings (SSSR count). The van der Waals surface area contributed by atoms with Gasteiger partial charge in [-0.2, -0.15) is 0 Å². The quantitative estimate of drug-likeness (QED) is 0.470. The minimum atomic E-state index is 0.721. The van der Waals surface area contributed by atoms with Crippen LogP contribution >= 0.6 is 0 Å². The third-order valence-electron chi connectivity index (χ3n) is 3.74. The molecule has 1 aliphatic carbocycles. The summed E-state index contributed by atoms with van der Waals surface area (Å²) in [5, 5.41) is 3.43. The first-order valence-corrected chi connectivity index (χ1v) is 7.58. The summed E-state index contributed by atoms with van der Waals surface area (Å²) in [5.41, 5.74) is 3.73. The largest absolute Gasteiger partial charge is 0.368 e. The Balaban J connectivity index is 1.93. The lowest BCUT2D eigenvalue weighted by atomic mass is 10.1. The van der Waals surface area contributed by atoms with Crippen LogP contribution in [0.2, 0.25) is 0 Å². The summed E-state index contributed by atoms with van der Waals surface area (Å²) < 4.78 is 0. The van der Waals surface area contributed by atoms with E-state index in [-0.39, 0.29) is 0 Å². The Morgan fingerprint density at radius 3 is 2.65 bits per heavy atom. The highest BCUT2D eigenvalue weighted by atomic mass is 15.3. The molecule has 1 heterocycles. The molecule has 0 aliphatic heterocycles. The van der Waals surface area contributed by atoms with Crippen LogP contribution in [0.25, 0.3) is 0 Å². The number of nitrogens with zero attached hydrogens (tertiary/aromatic N) is 3. The molecule has 1 aromatic rings. The van der Waals surface area contributed by atoms with Crippen LogP contribution in [0, 0.1) is 0 Å². The van der Waals surface area contributed by atoms with Crippen LogP contribution in [0.4, 0.5) is 11.6 Å². The first kappa shape index (κ1) is 15.0. The van der Waals surface area contributed by atoms with E-state index in [1.807, 2.05) is 0 Å². The lowest BCUT2D eigenvalue weighted by molar-refractivity contribution is 0.289. The maximum atomic E-state index is 5.52. The summed E-state index contributed by atoms with van der Waals surface area (Å²) in [5.74, 6) is 7.15. The first-order chi connectivity index (χ1) is 9.80. The van der Waals surface area contributed by atoms with Crippen LogP contribution in [-0.4, -0.2) is 40.5 Å². The Labute approximate surface area is 121 Å². The van der Waals surface area contributed by atoms with Gasteiger partial charge >= 0.3 is 0 Å². The van der Waals surface area contributed by atoms with Crippen molar-refractivity contribution in [2.45, 2.75) is 45.6 Å². The minimum absolute atomic E-state index is 0.721. The molecule has 0 saturated heterocycles. The molecule has 0 unspecified atom stereocenters. The Kier molecular flexibility index (Phi) is 5.55. The third-order valence-corrected chi connectivity index (χ3v) is 3.74. The fourth-order valence-corrected chi connectivity index (χ4v) is 2.53. The maximum Gasteiger partial charge on any atom is 0.148 e. The number of rotatable bonds is 9. The average molecular weight is 278 g/mol. The van der Waals surface area contributed by atoms with Crippen molar-refractivity contribution in [2.24, 2.45) is 5.84 Å². The normalized spacial score (nSPS) is 14.6. The van der Waals surface area contributed by atoms with Gasteiger partial charge < -0.3 is 10.7 Å². The second-order valence-electron chi connectivity index (χ2n) is 5.23. The predicted octanol–water partition coefficient (Wildman–Crippen LogP) is 1.61. The van der Waals surface area contributed by atoms with Crippen LogP contribution in [0.1, 0.15) is 38.7 Å². The second-order valence-corrected chi connectivity index (χ2v) is 5.23. The first-order valence-electron chi connectivity index (χ1n) is 7.58. The SMILES string of the molecule is CCCc1c(NN)ncnc1NCCN(CC)C1CC1. The monoisotopic (exact) mass is 278 g/mol. The third kappa shape index (κ3) is 3.80. The van der Waals surface area contributed by atoms with Gasteiger partial charge in [0.15, 0.2) is 0 Å². The van der Waals surface area contributed by atoms with Gasteiger partial charge in [-0.05, 0) is 25.8 Å². The zero-order valence-electron chi connectivity index (χ0n) is 12.5. The van der Waals surface area contributed by atoms with E-state index in [4.69, 9.17) is 5.84 Å². The van der Waals surface area contributed by atoms with Gasteiger partial charge in [0.1, 0.15) is 18.0 Å². The fourth-order valence-electron chi connectivity index (χ4n) is 2.53. The van der Waals surface area contributed by atoms with E-state index in [1.54, 1.807) is 6.33 Å². The van der Waals surface area contributed by atoms with Crippen molar-refractivity contribution in [3.63, 3.8) is 0 Å². The summed E-state index contributed by atoms with van der Waals surface area (Å²) >= 11 is 0. The number of anilines is 2. The number of hydrazine groups is 1. The van der Waals surface area contributed by atoms with Gasteiger partial charge in [0.2, 0.25) is 0 Å². The van der Waals surface area contributed by atoms with Crippen molar-refractivity contribution in [3.05, 3.63) is 11.9 Å². The molecule has 1 saturated carbocycles. The number of nitrogen functional groups attached to an aromatic ring is 1. The number of hydrogen-bond acceptors (Lipinski definition) is 6. The zero-order valence-corrected chi connectivity index (χ0v) is 12.5. The highest BCUT2D eigenvalue weighted by molar-refractivity contribution is 5.56. The van der Waals surface area contributed by atoms with E-state index in [0.29, 0.717) is 0 Å². The molecule has 1 fully saturated rings. The van der Waals surface area contributed by atoms with E-state index < -0.39 is 0 Å². The zero-order chi connectivity index (χ0) is 14.4. The summed E-state index contributed by atoms with van der Waals surface area (Å²) in [4.78, 5) is 11.1. The Hall–Kier alpha value is -1.40. The van der Waals surface area contributed by atoms with E-state index in [1.165, 1.54) is 12.8 Å². The highest BCUT2D eigenvalue weighted by Gasteiger charge is 2.27. The number of hydrogen-bond donors (Lipinski definition) is 3. The molecule has 4 N–H and O–H groups in total. The molecule has 112 valence electrons. The van der Waals surface area contributed by atoms with Gasteiger partial charge in [0, 0.05) is 24.7 Å². The molecule has 0 bridgehead atoms. The lowest BCUT2D eigenvalue weighted by Crippen LogP contribution is -2.31. The molecular formula is C14H26N6. The molecule has 1 aromatic heterocycles. The fraction of sp³-hybridized carbons (Fsp3) is 0.714. The molecule has 0 amide bonds. The van der Waals surface area contributed by atoms with Crippen LogP contribution in [0.5, 0.6) is 0 Å². The number of aromatic nitrogens is 2. The van der Waals surface area contributed by atoms with Crippen LogP contribution in [0.3, 0.4) is 0 Å². The molecule has 20 heavy (non-hydrogen) atoms. The van der Waals surface area contributed by atoms with Crippen LogP contribution in [-0.2, 0) is 6.42 Å². The Morgan fingerprint density at radius 2 is 2.05 bits per heavy atom. The van der Waals surface area contributed by atoms with Crippen molar-refractivity contribution in [1.29, 1.82) is 0 Å². The van der Waals surface area contributed by atoms with E-state index in [2.05, 4.69) is 39.5 Å². The Bertz CT molecular complexity index is 418.